The molecule has 0 aliphatic rings. The SMILES string of the molecule is CC[C@@H](Oc1ccc(C)c(C)c1)C(=O)NCC(C)C. The van der Waals surface area contributed by atoms with Crippen LogP contribution in [-0.4, -0.2) is 18.6 Å². The molecule has 19 heavy (non-hydrogen) atoms. The van der Waals surface area contributed by atoms with Gasteiger partial charge in [-0.1, -0.05) is 26.8 Å². The normalized spacial score (nSPS) is 12.3. The fourth-order valence-electron chi connectivity index (χ4n) is 1.69. The Balaban J connectivity index is 2.65. The maximum Gasteiger partial charge on any atom is 0.261 e. The first-order chi connectivity index (χ1) is 8.93. The Morgan fingerprint density at radius 3 is 2.47 bits per heavy atom. The van der Waals surface area contributed by atoms with E-state index in [9.17, 15) is 4.79 Å². The Morgan fingerprint density at radius 1 is 1.26 bits per heavy atom. The predicted octanol–water partition coefficient (Wildman–Crippen LogP) is 3.23. The standard InChI is InChI=1S/C16H25NO2/c1-6-15(16(18)17-10-11(2)3)19-14-8-7-12(4)13(5)9-14/h7-9,11,15H,6,10H2,1-5H3,(H,17,18)/t15-/m1/s1. The molecule has 0 aliphatic heterocycles. The zero-order valence-electron chi connectivity index (χ0n) is 12.6. The number of aryl methyl sites for hydroxylation is 2. The molecule has 3 nitrogen and oxygen atoms in total. The molecule has 1 aromatic rings. The van der Waals surface area contributed by atoms with Crippen LogP contribution in [-0.2, 0) is 4.79 Å². The Morgan fingerprint density at radius 2 is 1.95 bits per heavy atom. The lowest BCUT2D eigenvalue weighted by molar-refractivity contribution is -0.128. The summed E-state index contributed by atoms with van der Waals surface area (Å²) < 4.78 is 5.78. The molecule has 0 aliphatic carbocycles. The predicted molar refractivity (Wildman–Crippen MR) is 78.5 cm³/mol. The minimum atomic E-state index is -0.416. The molecular weight excluding hydrogens is 238 g/mol. The number of ether oxygens (including phenoxy) is 1. The molecule has 1 N–H and O–H groups in total. The number of amides is 1. The molecule has 3 heteroatoms. The molecule has 0 aromatic heterocycles. The van der Waals surface area contributed by atoms with Gasteiger partial charge >= 0.3 is 0 Å². The van der Waals surface area contributed by atoms with Gasteiger partial charge in [-0.3, -0.25) is 4.79 Å². The summed E-state index contributed by atoms with van der Waals surface area (Å²) in [6.07, 6.45) is 0.248. The van der Waals surface area contributed by atoms with Gasteiger partial charge in [0.2, 0.25) is 0 Å². The Hall–Kier alpha value is -1.51. The summed E-state index contributed by atoms with van der Waals surface area (Å²) in [4.78, 5) is 12.0. The first kappa shape index (κ1) is 15.5. The van der Waals surface area contributed by atoms with Gasteiger partial charge in [-0.2, -0.15) is 0 Å². The van der Waals surface area contributed by atoms with E-state index >= 15 is 0 Å². The highest BCUT2D eigenvalue weighted by molar-refractivity contribution is 5.81. The molecule has 0 spiro atoms. The van der Waals surface area contributed by atoms with Gasteiger partial charge in [0.25, 0.3) is 5.91 Å². The second-order valence-corrected chi connectivity index (χ2v) is 5.40. The van der Waals surface area contributed by atoms with Gasteiger partial charge in [0.15, 0.2) is 6.10 Å². The Kier molecular flexibility index (Phi) is 5.87. The third-order valence-electron chi connectivity index (χ3n) is 3.10. The van der Waals surface area contributed by atoms with Crippen molar-refractivity contribution >= 4 is 5.91 Å². The topological polar surface area (TPSA) is 38.3 Å². The molecule has 0 saturated carbocycles. The molecule has 1 amide bonds. The number of benzene rings is 1. The van der Waals surface area contributed by atoms with E-state index in [1.165, 1.54) is 11.1 Å². The van der Waals surface area contributed by atoms with Crippen LogP contribution in [0.2, 0.25) is 0 Å². The van der Waals surface area contributed by atoms with Crippen molar-refractivity contribution < 1.29 is 9.53 Å². The molecular formula is C16H25NO2. The minimum absolute atomic E-state index is 0.0329. The third kappa shape index (κ3) is 4.93. The number of nitrogens with one attached hydrogen (secondary N) is 1. The van der Waals surface area contributed by atoms with Gasteiger partial charge in [-0.15, -0.1) is 0 Å². The van der Waals surface area contributed by atoms with Crippen molar-refractivity contribution in [1.82, 2.24) is 5.32 Å². The number of hydrogen-bond donors (Lipinski definition) is 1. The Labute approximate surface area is 116 Å². The van der Waals surface area contributed by atoms with E-state index in [4.69, 9.17) is 4.74 Å². The summed E-state index contributed by atoms with van der Waals surface area (Å²) in [5.74, 6) is 1.17. The lowest BCUT2D eigenvalue weighted by Gasteiger charge is -2.18. The van der Waals surface area contributed by atoms with Crippen molar-refractivity contribution in [1.29, 1.82) is 0 Å². The number of hydrogen-bond acceptors (Lipinski definition) is 2. The maximum atomic E-state index is 12.0. The highest BCUT2D eigenvalue weighted by atomic mass is 16.5. The molecule has 0 unspecified atom stereocenters. The van der Waals surface area contributed by atoms with Crippen LogP contribution in [0.15, 0.2) is 18.2 Å². The van der Waals surface area contributed by atoms with E-state index < -0.39 is 6.10 Å². The van der Waals surface area contributed by atoms with Gasteiger partial charge < -0.3 is 10.1 Å². The average Bonchev–Trinajstić information content (AvgIpc) is 2.37. The minimum Gasteiger partial charge on any atom is -0.481 e. The maximum absolute atomic E-state index is 12.0. The van der Waals surface area contributed by atoms with Crippen LogP contribution in [0.5, 0.6) is 5.75 Å². The van der Waals surface area contributed by atoms with Gasteiger partial charge in [-0.05, 0) is 49.4 Å². The monoisotopic (exact) mass is 263 g/mol. The van der Waals surface area contributed by atoms with Crippen molar-refractivity contribution in [3.05, 3.63) is 29.3 Å². The number of carbonyl (C=O) groups excluding carboxylic acids is 1. The zero-order valence-corrected chi connectivity index (χ0v) is 12.6. The number of rotatable bonds is 6. The largest absolute Gasteiger partial charge is 0.481 e. The summed E-state index contributed by atoms with van der Waals surface area (Å²) >= 11 is 0. The Bertz CT molecular complexity index is 427. The van der Waals surface area contributed by atoms with Crippen molar-refractivity contribution in [3.8, 4) is 5.75 Å². The average molecular weight is 263 g/mol. The lowest BCUT2D eigenvalue weighted by atomic mass is 10.1. The van der Waals surface area contributed by atoms with E-state index in [0.717, 1.165) is 5.75 Å². The van der Waals surface area contributed by atoms with Crippen LogP contribution < -0.4 is 10.1 Å². The summed E-state index contributed by atoms with van der Waals surface area (Å²) in [5.41, 5.74) is 2.40. The van der Waals surface area contributed by atoms with E-state index in [1.807, 2.05) is 32.0 Å². The zero-order chi connectivity index (χ0) is 14.4. The van der Waals surface area contributed by atoms with Gasteiger partial charge in [0.05, 0.1) is 0 Å². The fourth-order valence-corrected chi connectivity index (χ4v) is 1.69. The molecule has 1 rings (SSSR count). The van der Waals surface area contributed by atoms with Crippen LogP contribution in [0, 0.1) is 19.8 Å². The molecule has 1 atom stereocenters. The second kappa shape index (κ2) is 7.17. The van der Waals surface area contributed by atoms with E-state index in [2.05, 4.69) is 26.1 Å². The van der Waals surface area contributed by atoms with Gasteiger partial charge in [0.1, 0.15) is 5.75 Å². The van der Waals surface area contributed by atoms with Gasteiger partial charge in [-0.25, -0.2) is 0 Å². The van der Waals surface area contributed by atoms with Crippen molar-refractivity contribution in [3.63, 3.8) is 0 Å². The highest BCUT2D eigenvalue weighted by Gasteiger charge is 2.18. The van der Waals surface area contributed by atoms with E-state index in [0.29, 0.717) is 18.9 Å². The summed E-state index contributed by atoms with van der Waals surface area (Å²) in [7, 11) is 0. The smallest absolute Gasteiger partial charge is 0.261 e. The van der Waals surface area contributed by atoms with Crippen molar-refractivity contribution in [2.75, 3.05) is 6.54 Å². The first-order valence-corrected chi connectivity index (χ1v) is 6.95. The molecule has 106 valence electrons. The van der Waals surface area contributed by atoms with Gasteiger partial charge in [0, 0.05) is 6.54 Å². The van der Waals surface area contributed by atoms with E-state index in [1.54, 1.807) is 0 Å². The third-order valence-corrected chi connectivity index (χ3v) is 3.10. The molecule has 0 fully saturated rings. The summed E-state index contributed by atoms with van der Waals surface area (Å²) in [6, 6.07) is 5.91. The van der Waals surface area contributed by atoms with E-state index in [-0.39, 0.29) is 5.91 Å². The molecule has 0 radical (unpaired) electrons. The van der Waals surface area contributed by atoms with Crippen molar-refractivity contribution in [2.45, 2.75) is 47.1 Å². The van der Waals surface area contributed by atoms with Crippen LogP contribution in [0.25, 0.3) is 0 Å². The van der Waals surface area contributed by atoms with Crippen LogP contribution >= 0.6 is 0 Å². The highest BCUT2D eigenvalue weighted by Crippen LogP contribution is 2.18. The van der Waals surface area contributed by atoms with Crippen LogP contribution in [0.4, 0.5) is 0 Å². The second-order valence-electron chi connectivity index (χ2n) is 5.40. The molecule has 1 aromatic carbocycles. The van der Waals surface area contributed by atoms with Crippen LogP contribution in [0.3, 0.4) is 0 Å². The fraction of sp³-hybridized carbons (Fsp3) is 0.562. The number of carbonyl (C=O) groups is 1. The quantitative estimate of drug-likeness (QED) is 0.855. The van der Waals surface area contributed by atoms with Crippen molar-refractivity contribution in [2.24, 2.45) is 5.92 Å². The summed E-state index contributed by atoms with van der Waals surface area (Å²) in [5, 5.41) is 2.92. The molecule has 0 heterocycles. The van der Waals surface area contributed by atoms with Crippen LogP contribution in [0.1, 0.15) is 38.3 Å². The summed E-state index contributed by atoms with van der Waals surface area (Å²) in [6.45, 7) is 10.9. The first-order valence-electron chi connectivity index (χ1n) is 6.95. The molecule has 0 saturated heterocycles. The lowest BCUT2D eigenvalue weighted by Crippen LogP contribution is -2.39. The molecule has 0 bridgehead atoms.